The molecule has 0 aromatic carbocycles. The third kappa shape index (κ3) is 6.95. The maximum Gasteiger partial charge on any atom is 0.0223 e. The van der Waals surface area contributed by atoms with E-state index in [0.717, 1.165) is 0 Å². The van der Waals surface area contributed by atoms with Crippen molar-refractivity contribution in [2.24, 2.45) is 0 Å². The van der Waals surface area contributed by atoms with E-state index in [4.69, 9.17) is 0 Å². The van der Waals surface area contributed by atoms with Crippen molar-refractivity contribution in [2.75, 3.05) is 0 Å². The first-order valence-electron chi connectivity index (χ1n) is 6.11. The van der Waals surface area contributed by atoms with Gasteiger partial charge in [-0.2, -0.15) is 0 Å². The van der Waals surface area contributed by atoms with Gasteiger partial charge in [-0.15, -0.1) is 24.8 Å². The average Bonchev–Trinajstić information content (AvgIpc) is 2.06. The molecule has 0 amide bonds. The SMILES string of the molecule is CC(C)NC1CCCCC1NC(C)C.Cl.Cl. The van der Waals surface area contributed by atoms with Crippen molar-refractivity contribution in [3.8, 4) is 0 Å². The quantitative estimate of drug-likeness (QED) is 0.821. The van der Waals surface area contributed by atoms with Crippen LogP contribution < -0.4 is 10.6 Å². The summed E-state index contributed by atoms with van der Waals surface area (Å²) in [5, 5.41) is 7.35. The zero-order chi connectivity index (χ0) is 10.6. The highest BCUT2D eigenvalue weighted by Gasteiger charge is 2.25. The average molecular weight is 271 g/mol. The molecule has 1 aliphatic rings. The topological polar surface area (TPSA) is 24.1 Å². The summed E-state index contributed by atoms with van der Waals surface area (Å²) in [7, 11) is 0. The highest BCUT2D eigenvalue weighted by molar-refractivity contribution is 5.85. The van der Waals surface area contributed by atoms with Gasteiger partial charge in [-0.25, -0.2) is 0 Å². The van der Waals surface area contributed by atoms with Crippen LogP contribution in [0.15, 0.2) is 0 Å². The Labute approximate surface area is 113 Å². The number of nitrogens with one attached hydrogen (secondary N) is 2. The molecule has 0 radical (unpaired) electrons. The fraction of sp³-hybridized carbons (Fsp3) is 1.00. The summed E-state index contributed by atoms with van der Waals surface area (Å²) < 4.78 is 0. The van der Waals surface area contributed by atoms with Crippen LogP contribution in [0.1, 0.15) is 53.4 Å². The van der Waals surface area contributed by atoms with Crippen molar-refractivity contribution in [3.63, 3.8) is 0 Å². The molecule has 1 aliphatic carbocycles. The molecule has 0 heterocycles. The third-order valence-corrected chi connectivity index (χ3v) is 2.86. The molecule has 2 N–H and O–H groups in total. The van der Waals surface area contributed by atoms with E-state index >= 15 is 0 Å². The van der Waals surface area contributed by atoms with Crippen molar-refractivity contribution in [3.05, 3.63) is 0 Å². The van der Waals surface area contributed by atoms with Gasteiger partial charge in [0.2, 0.25) is 0 Å². The van der Waals surface area contributed by atoms with E-state index in [1.807, 2.05) is 0 Å². The molecule has 16 heavy (non-hydrogen) atoms. The largest absolute Gasteiger partial charge is 0.310 e. The summed E-state index contributed by atoms with van der Waals surface area (Å²) in [5.41, 5.74) is 0. The normalized spacial score (nSPS) is 25.1. The Kier molecular flexibility index (Phi) is 11.2. The molecule has 100 valence electrons. The van der Waals surface area contributed by atoms with Gasteiger partial charge in [0.05, 0.1) is 0 Å². The van der Waals surface area contributed by atoms with Gasteiger partial charge in [0.15, 0.2) is 0 Å². The molecular formula is C12H28Cl2N2. The molecule has 4 heteroatoms. The van der Waals surface area contributed by atoms with Gasteiger partial charge in [-0.1, -0.05) is 40.5 Å². The van der Waals surface area contributed by atoms with E-state index in [-0.39, 0.29) is 24.8 Å². The lowest BCUT2D eigenvalue weighted by Crippen LogP contribution is -2.53. The minimum atomic E-state index is 0. The molecule has 2 unspecified atom stereocenters. The van der Waals surface area contributed by atoms with E-state index in [2.05, 4.69) is 38.3 Å². The first-order chi connectivity index (χ1) is 6.59. The molecule has 1 saturated carbocycles. The first-order valence-corrected chi connectivity index (χ1v) is 6.11. The monoisotopic (exact) mass is 270 g/mol. The zero-order valence-corrected chi connectivity index (χ0v) is 12.6. The summed E-state index contributed by atoms with van der Waals surface area (Å²) in [6, 6.07) is 2.58. The van der Waals surface area contributed by atoms with Crippen LogP contribution in [0.2, 0.25) is 0 Å². The Hall–Kier alpha value is 0.500. The summed E-state index contributed by atoms with van der Waals surface area (Å²) in [5.74, 6) is 0. The van der Waals surface area contributed by atoms with E-state index in [1.54, 1.807) is 0 Å². The smallest absolute Gasteiger partial charge is 0.0223 e. The van der Waals surface area contributed by atoms with Gasteiger partial charge in [0.25, 0.3) is 0 Å². The predicted octanol–water partition coefficient (Wildman–Crippen LogP) is 3.14. The second-order valence-corrected chi connectivity index (χ2v) is 5.14. The second kappa shape index (κ2) is 9.52. The maximum absolute atomic E-state index is 3.67. The third-order valence-electron chi connectivity index (χ3n) is 2.86. The number of rotatable bonds is 4. The van der Waals surface area contributed by atoms with Gasteiger partial charge < -0.3 is 10.6 Å². The Balaban J connectivity index is 0. The minimum absolute atomic E-state index is 0. The van der Waals surface area contributed by atoms with Gasteiger partial charge in [-0.05, 0) is 12.8 Å². The molecule has 1 fully saturated rings. The van der Waals surface area contributed by atoms with E-state index < -0.39 is 0 Å². The Morgan fingerprint density at radius 3 is 1.31 bits per heavy atom. The van der Waals surface area contributed by atoms with Crippen LogP contribution in [-0.2, 0) is 0 Å². The van der Waals surface area contributed by atoms with Gasteiger partial charge >= 0.3 is 0 Å². The van der Waals surface area contributed by atoms with E-state index in [9.17, 15) is 0 Å². The van der Waals surface area contributed by atoms with Crippen molar-refractivity contribution in [2.45, 2.75) is 77.5 Å². The lowest BCUT2D eigenvalue weighted by Gasteiger charge is -2.35. The fourth-order valence-electron chi connectivity index (χ4n) is 2.39. The van der Waals surface area contributed by atoms with Gasteiger partial charge in [0.1, 0.15) is 0 Å². The molecule has 1 rings (SSSR count). The first kappa shape index (κ1) is 18.9. The van der Waals surface area contributed by atoms with E-state index in [1.165, 1.54) is 25.7 Å². The molecule has 0 bridgehead atoms. The van der Waals surface area contributed by atoms with Crippen LogP contribution >= 0.6 is 24.8 Å². The lowest BCUT2D eigenvalue weighted by atomic mass is 9.89. The number of halogens is 2. The van der Waals surface area contributed by atoms with Gasteiger partial charge in [-0.3, -0.25) is 0 Å². The summed E-state index contributed by atoms with van der Waals surface area (Å²) in [6.07, 6.45) is 5.45. The molecule has 2 nitrogen and oxygen atoms in total. The summed E-state index contributed by atoms with van der Waals surface area (Å²) in [4.78, 5) is 0. The lowest BCUT2D eigenvalue weighted by molar-refractivity contribution is 0.259. The predicted molar refractivity (Wildman–Crippen MR) is 77.1 cm³/mol. The van der Waals surface area contributed by atoms with Crippen molar-refractivity contribution in [1.29, 1.82) is 0 Å². The standard InChI is InChI=1S/C12H26N2.2ClH/c1-9(2)13-11-7-5-6-8-12(11)14-10(3)4;;/h9-14H,5-8H2,1-4H3;2*1H. The van der Waals surface area contributed by atoms with Crippen molar-refractivity contribution >= 4 is 24.8 Å². The maximum atomic E-state index is 3.67. The Bertz CT molecular complexity index is 145. The van der Waals surface area contributed by atoms with Crippen molar-refractivity contribution < 1.29 is 0 Å². The molecule has 2 atom stereocenters. The van der Waals surface area contributed by atoms with Crippen LogP contribution in [-0.4, -0.2) is 24.2 Å². The molecule has 0 aromatic rings. The number of hydrogen-bond donors (Lipinski definition) is 2. The Morgan fingerprint density at radius 1 is 0.750 bits per heavy atom. The summed E-state index contributed by atoms with van der Waals surface area (Å²) >= 11 is 0. The van der Waals surface area contributed by atoms with Crippen LogP contribution in [0, 0.1) is 0 Å². The molecule has 0 aliphatic heterocycles. The van der Waals surface area contributed by atoms with Crippen LogP contribution in [0.5, 0.6) is 0 Å². The second-order valence-electron chi connectivity index (χ2n) is 5.14. The van der Waals surface area contributed by atoms with Crippen molar-refractivity contribution in [1.82, 2.24) is 10.6 Å². The van der Waals surface area contributed by atoms with Crippen LogP contribution in [0.25, 0.3) is 0 Å². The Morgan fingerprint density at radius 2 is 1.06 bits per heavy atom. The zero-order valence-electron chi connectivity index (χ0n) is 11.0. The highest BCUT2D eigenvalue weighted by Crippen LogP contribution is 2.19. The fourth-order valence-corrected chi connectivity index (χ4v) is 2.39. The number of hydrogen-bond acceptors (Lipinski definition) is 2. The van der Waals surface area contributed by atoms with Crippen LogP contribution in [0.4, 0.5) is 0 Å². The molecule has 0 saturated heterocycles. The highest BCUT2D eigenvalue weighted by atomic mass is 35.5. The summed E-state index contributed by atoms with van der Waals surface area (Å²) in [6.45, 7) is 8.95. The van der Waals surface area contributed by atoms with Crippen LogP contribution in [0.3, 0.4) is 0 Å². The molecule has 0 aromatic heterocycles. The molecular weight excluding hydrogens is 243 g/mol. The molecule has 0 spiro atoms. The van der Waals surface area contributed by atoms with Gasteiger partial charge in [0, 0.05) is 24.2 Å². The van der Waals surface area contributed by atoms with E-state index in [0.29, 0.717) is 24.2 Å². The minimum Gasteiger partial charge on any atom is -0.310 e.